The van der Waals surface area contributed by atoms with Crippen molar-refractivity contribution in [3.05, 3.63) is 48.4 Å². The van der Waals surface area contributed by atoms with E-state index >= 15 is 0 Å². The van der Waals surface area contributed by atoms with Crippen molar-refractivity contribution in [3.8, 4) is 6.07 Å². The van der Waals surface area contributed by atoms with E-state index in [2.05, 4.69) is 13.2 Å². The second kappa shape index (κ2) is 5.96. The summed E-state index contributed by atoms with van der Waals surface area (Å²) in [4.78, 5) is 0. The molecule has 0 bridgehead atoms. The Labute approximate surface area is 78.2 Å². The molecule has 0 amide bonds. The summed E-state index contributed by atoms with van der Waals surface area (Å²) in [5.41, 5.74) is 1.00. The number of nitrogens with zero attached hydrogens (tertiary/aromatic N) is 1. The van der Waals surface area contributed by atoms with E-state index in [0.717, 1.165) is 5.57 Å². The van der Waals surface area contributed by atoms with Gasteiger partial charge in [-0.05, 0) is 19.4 Å². The zero-order valence-electron chi connectivity index (χ0n) is 7.68. The summed E-state index contributed by atoms with van der Waals surface area (Å²) in [6.45, 7) is 7.81. The number of nitriles is 1. The standard InChI is InChI=1S/C9H8FN.C2H4/c1-7-3-2-4-8(6-11)9(10)5-7;1-2/h3-5H,2H2,1H3;1-2H2. The van der Waals surface area contributed by atoms with E-state index < -0.39 is 5.83 Å². The van der Waals surface area contributed by atoms with Crippen molar-refractivity contribution in [1.82, 2.24) is 0 Å². The van der Waals surface area contributed by atoms with Crippen LogP contribution in [0.2, 0.25) is 0 Å². The van der Waals surface area contributed by atoms with Crippen molar-refractivity contribution < 1.29 is 4.39 Å². The first-order valence-electron chi connectivity index (χ1n) is 3.88. The largest absolute Gasteiger partial charge is 0.206 e. The predicted octanol–water partition coefficient (Wildman–Crippen LogP) is 3.44. The Hall–Kier alpha value is -1.62. The normalized spacial score (nSPS) is 15.0. The van der Waals surface area contributed by atoms with Crippen LogP contribution in [0.1, 0.15) is 13.3 Å². The second-order valence-electron chi connectivity index (χ2n) is 2.41. The molecule has 0 radical (unpaired) electrons. The summed E-state index contributed by atoms with van der Waals surface area (Å²) >= 11 is 0. The quantitative estimate of drug-likeness (QED) is 0.520. The van der Waals surface area contributed by atoms with Crippen LogP contribution in [-0.4, -0.2) is 0 Å². The van der Waals surface area contributed by atoms with Gasteiger partial charge in [-0.25, -0.2) is 4.39 Å². The molecule has 0 saturated heterocycles. The minimum absolute atomic E-state index is 0.137. The molecule has 0 heterocycles. The summed E-state index contributed by atoms with van der Waals surface area (Å²) in [5, 5.41) is 8.45. The van der Waals surface area contributed by atoms with Crippen molar-refractivity contribution in [3.63, 3.8) is 0 Å². The lowest BCUT2D eigenvalue weighted by Gasteiger charge is -1.89. The lowest BCUT2D eigenvalue weighted by Crippen LogP contribution is -1.77. The van der Waals surface area contributed by atoms with Gasteiger partial charge in [0, 0.05) is 0 Å². The Morgan fingerprint density at radius 2 is 2.08 bits per heavy atom. The van der Waals surface area contributed by atoms with Crippen LogP contribution in [0.4, 0.5) is 4.39 Å². The van der Waals surface area contributed by atoms with E-state index in [1.54, 1.807) is 12.1 Å². The highest BCUT2D eigenvalue weighted by Gasteiger charge is 2.04. The van der Waals surface area contributed by atoms with Crippen molar-refractivity contribution in [2.24, 2.45) is 0 Å². The first kappa shape index (κ1) is 11.4. The van der Waals surface area contributed by atoms with Gasteiger partial charge in [-0.2, -0.15) is 5.26 Å². The van der Waals surface area contributed by atoms with Gasteiger partial charge in [0.05, 0.1) is 5.57 Å². The van der Waals surface area contributed by atoms with Gasteiger partial charge < -0.3 is 0 Å². The molecule has 1 nitrogen and oxygen atoms in total. The van der Waals surface area contributed by atoms with Crippen molar-refractivity contribution in [2.45, 2.75) is 13.3 Å². The average molecular weight is 177 g/mol. The van der Waals surface area contributed by atoms with Crippen molar-refractivity contribution in [1.29, 1.82) is 5.26 Å². The van der Waals surface area contributed by atoms with Gasteiger partial charge in [-0.3, -0.25) is 0 Å². The van der Waals surface area contributed by atoms with E-state index in [0.29, 0.717) is 6.42 Å². The van der Waals surface area contributed by atoms with Crippen LogP contribution in [0, 0.1) is 11.3 Å². The molecular weight excluding hydrogens is 165 g/mol. The summed E-state index contributed by atoms with van der Waals surface area (Å²) < 4.78 is 12.9. The summed E-state index contributed by atoms with van der Waals surface area (Å²) in [6, 6.07) is 1.80. The van der Waals surface area contributed by atoms with Crippen molar-refractivity contribution >= 4 is 0 Å². The molecule has 0 unspecified atom stereocenters. The molecule has 0 N–H and O–H groups in total. The monoisotopic (exact) mass is 177 g/mol. The van der Waals surface area contributed by atoms with Crippen molar-refractivity contribution in [2.75, 3.05) is 0 Å². The fourth-order valence-corrected chi connectivity index (χ4v) is 0.896. The number of halogens is 1. The third kappa shape index (κ3) is 3.53. The Balaban J connectivity index is 0.000000671. The van der Waals surface area contributed by atoms with Crippen LogP contribution in [0.5, 0.6) is 0 Å². The minimum atomic E-state index is -0.432. The maximum atomic E-state index is 12.9. The highest BCUT2D eigenvalue weighted by molar-refractivity contribution is 5.43. The van der Waals surface area contributed by atoms with E-state index in [4.69, 9.17) is 5.26 Å². The lowest BCUT2D eigenvalue weighted by molar-refractivity contribution is 0.657. The maximum Gasteiger partial charge on any atom is 0.140 e. The second-order valence-corrected chi connectivity index (χ2v) is 2.41. The van der Waals surface area contributed by atoms with E-state index in [1.807, 2.05) is 13.0 Å². The fourth-order valence-electron chi connectivity index (χ4n) is 0.896. The summed E-state index contributed by atoms with van der Waals surface area (Å²) in [6.07, 6.45) is 5.48. The third-order valence-electron chi connectivity index (χ3n) is 1.49. The molecule has 0 saturated carbocycles. The summed E-state index contributed by atoms with van der Waals surface area (Å²) in [5.74, 6) is -0.432. The predicted molar refractivity (Wildman–Crippen MR) is 52.5 cm³/mol. The summed E-state index contributed by atoms with van der Waals surface area (Å²) in [7, 11) is 0. The zero-order chi connectivity index (χ0) is 10.3. The molecule has 0 atom stereocenters. The Bertz CT molecular complexity index is 303. The molecule has 1 aliphatic carbocycles. The first-order valence-corrected chi connectivity index (χ1v) is 3.88. The highest BCUT2D eigenvalue weighted by atomic mass is 19.1. The SMILES string of the molecule is C=C.CC1=CCC=C(C#N)C(F)=C1. The molecule has 0 aromatic rings. The Morgan fingerprint density at radius 3 is 2.62 bits per heavy atom. The molecule has 0 spiro atoms. The Morgan fingerprint density at radius 1 is 1.46 bits per heavy atom. The van der Waals surface area contributed by atoms with Gasteiger partial charge in [0.2, 0.25) is 0 Å². The van der Waals surface area contributed by atoms with Crippen LogP contribution in [0.25, 0.3) is 0 Å². The van der Waals surface area contributed by atoms with Crippen LogP contribution in [0.15, 0.2) is 48.4 Å². The maximum absolute atomic E-state index is 12.9. The van der Waals surface area contributed by atoms with Gasteiger partial charge in [-0.1, -0.05) is 17.7 Å². The molecule has 13 heavy (non-hydrogen) atoms. The van der Waals surface area contributed by atoms with Gasteiger partial charge in [0.15, 0.2) is 0 Å². The topological polar surface area (TPSA) is 23.8 Å². The fraction of sp³-hybridized carbons (Fsp3) is 0.182. The van der Waals surface area contributed by atoms with Gasteiger partial charge in [-0.15, -0.1) is 13.2 Å². The molecule has 0 aromatic carbocycles. The van der Waals surface area contributed by atoms with Crippen LogP contribution < -0.4 is 0 Å². The zero-order valence-corrected chi connectivity index (χ0v) is 7.68. The number of hydrogen-bond acceptors (Lipinski definition) is 1. The minimum Gasteiger partial charge on any atom is -0.206 e. The molecule has 2 heteroatoms. The smallest absolute Gasteiger partial charge is 0.140 e. The van der Waals surface area contributed by atoms with Gasteiger partial charge in [0.25, 0.3) is 0 Å². The number of allylic oxidation sites excluding steroid dienone is 6. The third-order valence-corrected chi connectivity index (χ3v) is 1.49. The molecule has 68 valence electrons. The molecule has 0 fully saturated rings. The van der Waals surface area contributed by atoms with Crippen LogP contribution in [0.3, 0.4) is 0 Å². The number of rotatable bonds is 0. The number of hydrogen-bond donors (Lipinski definition) is 0. The highest BCUT2D eigenvalue weighted by Crippen LogP contribution is 2.17. The molecule has 0 aromatic heterocycles. The first-order chi connectivity index (χ1) is 6.24. The van der Waals surface area contributed by atoms with E-state index in [9.17, 15) is 4.39 Å². The lowest BCUT2D eigenvalue weighted by atomic mass is 10.2. The molecule has 1 rings (SSSR count). The van der Waals surface area contributed by atoms with E-state index in [-0.39, 0.29) is 5.57 Å². The van der Waals surface area contributed by atoms with Crippen LogP contribution >= 0.6 is 0 Å². The molecular formula is C11H12FN. The molecule has 0 aliphatic heterocycles. The molecule has 1 aliphatic rings. The van der Waals surface area contributed by atoms with Crippen LogP contribution in [-0.2, 0) is 0 Å². The van der Waals surface area contributed by atoms with Gasteiger partial charge in [0.1, 0.15) is 11.9 Å². The van der Waals surface area contributed by atoms with Gasteiger partial charge >= 0.3 is 0 Å². The Kier molecular flexibility index (Phi) is 5.22. The average Bonchev–Trinajstić information content (AvgIpc) is 2.30. The van der Waals surface area contributed by atoms with E-state index in [1.165, 1.54) is 6.08 Å².